The maximum absolute atomic E-state index is 11.8. The molecule has 148 valence electrons. The number of carbonyl (C=O) groups excluding carboxylic acids is 1. The van der Waals surface area contributed by atoms with Crippen molar-refractivity contribution in [3.8, 4) is 0 Å². The van der Waals surface area contributed by atoms with E-state index in [0.29, 0.717) is 19.0 Å². The maximum Gasteiger partial charge on any atom is 0.269 e. The zero-order chi connectivity index (χ0) is 20.4. The standard InChI is InChI=1S/C20H25N5O3/c1-24(2)19(26)15-23-20(21-13-12-16-6-4-3-5-7-16)22-14-17-8-10-18(11-9-17)25(27)28/h3-11H,12-15H2,1-2H3,(H2,21,22,23). The second-order valence-corrected chi connectivity index (χ2v) is 6.39. The van der Waals surface area contributed by atoms with E-state index in [-0.39, 0.29) is 18.1 Å². The molecule has 0 bridgehead atoms. The number of nitro groups is 1. The molecule has 2 aromatic carbocycles. The third kappa shape index (κ3) is 7.06. The summed E-state index contributed by atoms with van der Waals surface area (Å²) in [5, 5.41) is 17.0. The zero-order valence-electron chi connectivity index (χ0n) is 16.1. The molecule has 28 heavy (non-hydrogen) atoms. The van der Waals surface area contributed by atoms with Crippen molar-refractivity contribution in [3.05, 3.63) is 75.8 Å². The number of hydrogen-bond acceptors (Lipinski definition) is 4. The van der Waals surface area contributed by atoms with Crippen molar-refractivity contribution in [2.45, 2.75) is 13.0 Å². The summed E-state index contributed by atoms with van der Waals surface area (Å²) in [6.07, 6.45) is 0.820. The Kier molecular flexibility index (Phi) is 7.95. The van der Waals surface area contributed by atoms with Crippen LogP contribution in [0.25, 0.3) is 0 Å². The first-order valence-corrected chi connectivity index (χ1v) is 8.95. The molecule has 0 saturated carbocycles. The molecule has 0 radical (unpaired) electrons. The first kappa shape index (κ1) is 20.9. The van der Waals surface area contributed by atoms with Gasteiger partial charge in [0.1, 0.15) is 0 Å². The van der Waals surface area contributed by atoms with Crippen molar-refractivity contribution >= 4 is 17.6 Å². The Morgan fingerprint density at radius 1 is 1.04 bits per heavy atom. The number of nitrogens with one attached hydrogen (secondary N) is 2. The van der Waals surface area contributed by atoms with Gasteiger partial charge in [0, 0.05) is 32.8 Å². The van der Waals surface area contributed by atoms with E-state index in [0.717, 1.165) is 12.0 Å². The van der Waals surface area contributed by atoms with Crippen LogP contribution in [-0.4, -0.2) is 48.9 Å². The van der Waals surface area contributed by atoms with Gasteiger partial charge in [-0.2, -0.15) is 0 Å². The molecule has 1 amide bonds. The van der Waals surface area contributed by atoms with E-state index in [1.165, 1.54) is 22.6 Å². The van der Waals surface area contributed by atoms with Crippen LogP contribution in [0.5, 0.6) is 0 Å². The van der Waals surface area contributed by atoms with Gasteiger partial charge in [-0.15, -0.1) is 0 Å². The minimum Gasteiger partial charge on any atom is -0.356 e. The van der Waals surface area contributed by atoms with Gasteiger partial charge in [-0.25, -0.2) is 4.99 Å². The average Bonchev–Trinajstić information content (AvgIpc) is 2.70. The Labute approximate surface area is 164 Å². The molecule has 0 unspecified atom stereocenters. The summed E-state index contributed by atoms with van der Waals surface area (Å²) in [5.41, 5.74) is 2.09. The normalized spacial score (nSPS) is 11.0. The minimum atomic E-state index is -0.433. The largest absolute Gasteiger partial charge is 0.356 e. The van der Waals surface area contributed by atoms with Crippen molar-refractivity contribution in [2.24, 2.45) is 4.99 Å². The Morgan fingerprint density at radius 3 is 2.32 bits per heavy atom. The van der Waals surface area contributed by atoms with Gasteiger partial charge >= 0.3 is 0 Å². The summed E-state index contributed by atoms with van der Waals surface area (Å²) in [6, 6.07) is 16.3. The number of nitrogens with zero attached hydrogens (tertiary/aromatic N) is 3. The molecular formula is C20H25N5O3. The minimum absolute atomic E-state index is 0.0450. The lowest BCUT2D eigenvalue weighted by Crippen LogP contribution is -2.43. The zero-order valence-corrected chi connectivity index (χ0v) is 16.1. The van der Waals surface area contributed by atoms with Gasteiger partial charge in [0.05, 0.1) is 18.0 Å². The van der Waals surface area contributed by atoms with Crippen LogP contribution in [0.3, 0.4) is 0 Å². The van der Waals surface area contributed by atoms with E-state index in [2.05, 4.69) is 27.8 Å². The summed E-state index contributed by atoms with van der Waals surface area (Å²) in [4.78, 5) is 28.1. The highest BCUT2D eigenvalue weighted by molar-refractivity contribution is 5.86. The first-order valence-electron chi connectivity index (χ1n) is 8.95. The second kappa shape index (κ2) is 10.7. The third-order valence-corrected chi connectivity index (χ3v) is 4.02. The molecule has 0 aromatic heterocycles. The number of carbonyl (C=O) groups is 1. The van der Waals surface area contributed by atoms with Crippen LogP contribution in [0.1, 0.15) is 11.1 Å². The van der Waals surface area contributed by atoms with E-state index in [1.807, 2.05) is 18.2 Å². The number of hydrogen-bond donors (Lipinski definition) is 2. The number of likely N-dealkylation sites (N-methyl/N-ethyl adjacent to an activating group) is 1. The topological polar surface area (TPSA) is 99.9 Å². The molecule has 0 fully saturated rings. The van der Waals surface area contributed by atoms with E-state index in [1.54, 1.807) is 26.2 Å². The summed E-state index contributed by atoms with van der Waals surface area (Å²) in [5.74, 6) is 0.456. The van der Waals surface area contributed by atoms with Crippen molar-refractivity contribution in [1.82, 2.24) is 15.5 Å². The highest BCUT2D eigenvalue weighted by atomic mass is 16.6. The summed E-state index contributed by atoms with van der Waals surface area (Å²) in [6.45, 7) is 1.13. The lowest BCUT2D eigenvalue weighted by Gasteiger charge is -2.15. The Balaban J connectivity index is 1.97. The monoisotopic (exact) mass is 383 g/mol. The maximum atomic E-state index is 11.8. The Hall–Kier alpha value is -3.42. The molecular weight excluding hydrogens is 358 g/mol. The second-order valence-electron chi connectivity index (χ2n) is 6.39. The molecule has 2 aromatic rings. The highest BCUT2D eigenvalue weighted by Gasteiger charge is 2.07. The lowest BCUT2D eigenvalue weighted by atomic mass is 10.1. The van der Waals surface area contributed by atoms with Crippen LogP contribution in [0.15, 0.2) is 59.6 Å². The summed E-state index contributed by atoms with van der Waals surface area (Å²) in [7, 11) is 3.39. The van der Waals surface area contributed by atoms with Crippen LogP contribution < -0.4 is 10.6 Å². The molecule has 2 rings (SSSR count). The van der Waals surface area contributed by atoms with Crippen molar-refractivity contribution in [1.29, 1.82) is 0 Å². The fourth-order valence-corrected chi connectivity index (χ4v) is 2.36. The molecule has 2 N–H and O–H groups in total. The molecule has 0 atom stereocenters. The fraction of sp³-hybridized carbons (Fsp3) is 0.300. The number of aliphatic imine (C=N–C) groups is 1. The lowest BCUT2D eigenvalue weighted by molar-refractivity contribution is -0.384. The molecule has 0 spiro atoms. The molecule has 0 aliphatic carbocycles. The van der Waals surface area contributed by atoms with E-state index < -0.39 is 4.92 Å². The summed E-state index contributed by atoms with van der Waals surface area (Å²) < 4.78 is 0. The van der Waals surface area contributed by atoms with E-state index >= 15 is 0 Å². The molecule has 0 saturated heterocycles. The van der Waals surface area contributed by atoms with Crippen LogP contribution in [0, 0.1) is 10.1 Å². The highest BCUT2D eigenvalue weighted by Crippen LogP contribution is 2.12. The van der Waals surface area contributed by atoms with Gasteiger partial charge in [0.15, 0.2) is 5.96 Å². The van der Waals surface area contributed by atoms with Crippen LogP contribution in [0.2, 0.25) is 0 Å². The number of nitro benzene ring substituents is 1. The first-order chi connectivity index (χ1) is 13.5. The van der Waals surface area contributed by atoms with Gasteiger partial charge in [-0.1, -0.05) is 42.5 Å². The molecule has 0 heterocycles. The van der Waals surface area contributed by atoms with Crippen molar-refractivity contribution < 1.29 is 9.72 Å². The Bertz CT molecular complexity index is 804. The number of amides is 1. The van der Waals surface area contributed by atoms with Crippen LogP contribution in [-0.2, 0) is 17.8 Å². The molecule has 8 nitrogen and oxygen atoms in total. The average molecular weight is 383 g/mol. The number of benzene rings is 2. The van der Waals surface area contributed by atoms with Gasteiger partial charge in [0.25, 0.3) is 5.69 Å². The summed E-state index contributed by atoms with van der Waals surface area (Å²) >= 11 is 0. The molecule has 0 aliphatic heterocycles. The smallest absolute Gasteiger partial charge is 0.269 e. The molecule has 8 heteroatoms. The van der Waals surface area contributed by atoms with Crippen LogP contribution in [0.4, 0.5) is 5.69 Å². The Morgan fingerprint density at radius 2 is 1.71 bits per heavy atom. The fourth-order valence-electron chi connectivity index (χ4n) is 2.36. The van der Waals surface area contributed by atoms with Crippen LogP contribution >= 0.6 is 0 Å². The van der Waals surface area contributed by atoms with Crippen molar-refractivity contribution in [3.63, 3.8) is 0 Å². The molecule has 0 aliphatic rings. The third-order valence-electron chi connectivity index (χ3n) is 4.02. The van der Waals surface area contributed by atoms with E-state index in [9.17, 15) is 14.9 Å². The van der Waals surface area contributed by atoms with Gasteiger partial charge < -0.3 is 15.5 Å². The van der Waals surface area contributed by atoms with Crippen molar-refractivity contribution in [2.75, 3.05) is 27.2 Å². The predicted octanol–water partition coefficient (Wildman–Crippen LogP) is 1.96. The number of rotatable bonds is 8. The number of non-ortho nitro benzene ring substituents is 1. The van der Waals surface area contributed by atoms with Gasteiger partial charge in [-0.05, 0) is 17.5 Å². The van der Waals surface area contributed by atoms with Gasteiger partial charge in [0.2, 0.25) is 5.91 Å². The predicted molar refractivity (Wildman–Crippen MR) is 109 cm³/mol. The quantitative estimate of drug-likeness (QED) is 0.314. The number of guanidine groups is 1. The van der Waals surface area contributed by atoms with Gasteiger partial charge in [-0.3, -0.25) is 14.9 Å². The SMILES string of the molecule is CN(C)C(=O)CNC(=NCc1ccc([N+](=O)[O-])cc1)NCCc1ccccc1. The van der Waals surface area contributed by atoms with E-state index in [4.69, 9.17) is 0 Å².